The second kappa shape index (κ2) is 7.64. The lowest BCUT2D eigenvalue weighted by molar-refractivity contribution is 0.0707. The van der Waals surface area contributed by atoms with Gasteiger partial charge in [-0.1, -0.05) is 39.5 Å². The van der Waals surface area contributed by atoms with E-state index in [1.54, 1.807) is 0 Å². The summed E-state index contributed by atoms with van der Waals surface area (Å²) in [6.45, 7) is 12.8. The van der Waals surface area contributed by atoms with Gasteiger partial charge in [0.1, 0.15) is 0 Å². The van der Waals surface area contributed by atoms with E-state index < -0.39 is 0 Å². The molecule has 1 saturated carbocycles. The van der Waals surface area contributed by atoms with Crippen LogP contribution in [0.1, 0.15) is 72.6 Å². The van der Waals surface area contributed by atoms with E-state index >= 15 is 0 Å². The predicted molar refractivity (Wildman–Crippen MR) is 85.7 cm³/mol. The third-order valence-corrected chi connectivity index (χ3v) is 5.39. The van der Waals surface area contributed by atoms with Gasteiger partial charge in [-0.05, 0) is 52.1 Å². The van der Waals surface area contributed by atoms with Crippen LogP contribution in [0.3, 0.4) is 0 Å². The van der Waals surface area contributed by atoms with Crippen molar-refractivity contribution in [3.8, 4) is 0 Å². The molecule has 19 heavy (non-hydrogen) atoms. The van der Waals surface area contributed by atoms with E-state index in [-0.39, 0.29) is 0 Å². The standard InChI is InChI=1S/C17H36N2/c1-6-16(3,4)19(5)15-17(14-18-7-2)12-10-8-9-11-13-17/h18H,6-15H2,1-5H3. The quantitative estimate of drug-likeness (QED) is 0.701. The molecule has 0 unspecified atom stereocenters. The molecule has 1 fully saturated rings. The first-order chi connectivity index (χ1) is 8.96. The van der Waals surface area contributed by atoms with Gasteiger partial charge in [-0.2, -0.15) is 0 Å². The van der Waals surface area contributed by atoms with Gasteiger partial charge in [0.2, 0.25) is 0 Å². The van der Waals surface area contributed by atoms with E-state index in [0.717, 1.165) is 6.54 Å². The van der Waals surface area contributed by atoms with Gasteiger partial charge < -0.3 is 10.2 Å². The summed E-state index contributed by atoms with van der Waals surface area (Å²) in [7, 11) is 2.32. The molecule has 114 valence electrons. The largest absolute Gasteiger partial charge is 0.316 e. The fourth-order valence-electron chi connectivity index (χ4n) is 3.25. The summed E-state index contributed by atoms with van der Waals surface area (Å²) in [4.78, 5) is 2.61. The Bertz CT molecular complexity index is 240. The Morgan fingerprint density at radius 1 is 1.05 bits per heavy atom. The molecule has 0 atom stereocenters. The molecule has 0 bridgehead atoms. The molecule has 0 heterocycles. The number of nitrogens with zero attached hydrogens (tertiary/aromatic N) is 1. The molecule has 1 rings (SSSR count). The van der Waals surface area contributed by atoms with Gasteiger partial charge in [0, 0.05) is 18.6 Å². The lowest BCUT2D eigenvalue weighted by Gasteiger charge is -2.43. The summed E-state index contributed by atoms with van der Waals surface area (Å²) >= 11 is 0. The summed E-state index contributed by atoms with van der Waals surface area (Å²) in [5.74, 6) is 0. The highest BCUT2D eigenvalue weighted by Crippen LogP contribution is 2.36. The third-order valence-electron chi connectivity index (χ3n) is 5.39. The Balaban J connectivity index is 2.72. The zero-order chi connectivity index (χ0) is 14.4. The van der Waals surface area contributed by atoms with Crippen molar-refractivity contribution in [2.75, 3.05) is 26.7 Å². The summed E-state index contributed by atoms with van der Waals surface area (Å²) in [5.41, 5.74) is 0.833. The number of rotatable bonds is 7. The molecule has 1 aliphatic rings. The van der Waals surface area contributed by atoms with Crippen molar-refractivity contribution >= 4 is 0 Å². The van der Waals surface area contributed by atoms with E-state index in [1.165, 1.54) is 58.0 Å². The van der Waals surface area contributed by atoms with E-state index in [1.807, 2.05) is 0 Å². The second-order valence-corrected chi connectivity index (χ2v) is 7.22. The molecular weight excluding hydrogens is 232 g/mol. The Labute approximate surface area is 121 Å². The molecule has 0 aromatic carbocycles. The van der Waals surface area contributed by atoms with Crippen LogP contribution in [0.2, 0.25) is 0 Å². The second-order valence-electron chi connectivity index (χ2n) is 7.22. The maximum atomic E-state index is 3.63. The van der Waals surface area contributed by atoms with Crippen molar-refractivity contribution in [3.05, 3.63) is 0 Å². The molecule has 0 saturated heterocycles. The van der Waals surface area contributed by atoms with Crippen LogP contribution in [0, 0.1) is 5.41 Å². The van der Waals surface area contributed by atoms with Crippen molar-refractivity contribution in [1.82, 2.24) is 10.2 Å². The average molecular weight is 268 g/mol. The summed E-state index contributed by atoms with van der Waals surface area (Å²) in [6.07, 6.45) is 9.76. The number of hydrogen-bond donors (Lipinski definition) is 1. The molecule has 0 spiro atoms. The van der Waals surface area contributed by atoms with Crippen LogP contribution in [-0.4, -0.2) is 37.1 Å². The fourth-order valence-corrected chi connectivity index (χ4v) is 3.25. The molecule has 2 nitrogen and oxygen atoms in total. The molecule has 0 amide bonds. The third kappa shape index (κ3) is 5.07. The predicted octanol–water partition coefficient (Wildman–Crippen LogP) is 4.06. The lowest BCUT2D eigenvalue weighted by atomic mass is 9.78. The van der Waals surface area contributed by atoms with Gasteiger partial charge in [-0.3, -0.25) is 0 Å². The Hall–Kier alpha value is -0.0800. The average Bonchev–Trinajstić information content (AvgIpc) is 2.62. The molecule has 2 heteroatoms. The van der Waals surface area contributed by atoms with Gasteiger partial charge in [-0.25, -0.2) is 0 Å². The van der Waals surface area contributed by atoms with Crippen LogP contribution in [0.4, 0.5) is 0 Å². The van der Waals surface area contributed by atoms with Crippen LogP contribution in [0.15, 0.2) is 0 Å². The lowest BCUT2D eigenvalue weighted by Crippen LogP contribution is -2.49. The van der Waals surface area contributed by atoms with Crippen LogP contribution in [0.5, 0.6) is 0 Å². The SMILES string of the molecule is CCNCC1(CN(C)C(C)(C)CC)CCCCCC1. The normalized spacial score (nSPS) is 20.5. The van der Waals surface area contributed by atoms with Gasteiger partial charge in [0.05, 0.1) is 0 Å². The van der Waals surface area contributed by atoms with Gasteiger partial charge >= 0.3 is 0 Å². The molecular formula is C17H36N2. The van der Waals surface area contributed by atoms with Crippen molar-refractivity contribution in [2.45, 2.75) is 78.2 Å². The highest BCUT2D eigenvalue weighted by molar-refractivity contribution is 4.90. The minimum absolute atomic E-state index is 0.325. The van der Waals surface area contributed by atoms with E-state index in [9.17, 15) is 0 Å². The summed E-state index contributed by atoms with van der Waals surface area (Å²) in [6, 6.07) is 0. The smallest absolute Gasteiger partial charge is 0.0147 e. The van der Waals surface area contributed by atoms with E-state index in [0.29, 0.717) is 11.0 Å². The van der Waals surface area contributed by atoms with Crippen molar-refractivity contribution < 1.29 is 0 Å². The van der Waals surface area contributed by atoms with Crippen LogP contribution in [-0.2, 0) is 0 Å². The molecule has 0 aromatic heterocycles. The van der Waals surface area contributed by atoms with Gasteiger partial charge in [0.25, 0.3) is 0 Å². The Morgan fingerprint density at radius 2 is 1.63 bits per heavy atom. The fraction of sp³-hybridized carbons (Fsp3) is 1.00. The highest BCUT2D eigenvalue weighted by Gasteiger charge is 2.34. The summed E-state index contributed by atoms with van der Waals surface area (Å²) < 4.78 is 0. The van der Waals surface area contributed by atoms with Crippen LogP contribution >= 0.6 is 0 Å². The topological polar surface area (TPSA) is 15.3 Å². The molecule has 1 aliphatic carbocycles. The zero-order valence-corrected chi connectivity index (χ0v) is 14.0. The van der Waals surface area contributed by atoms with E-state index in [2.05, 4.69) is 45.0 Å². The number of nitrogens with one attached hydrogen (secondary N) is 1. The van der Waals surface area contributed by atoms with Crippen molar-refractivity contribution in [1.29, 1.82) is 0 Å². The number of hydrogen-bond acceptors (Lipinski definition) is 2. The maximum absolute atomic E-state index is 3.63. The van der Waals surface area contributed by atoms with Crippen molar-refractivity contribution in [3.63, 3.8) is 0 Å². The Morgan fingerprint density at radius 3 is 2.11 bits per heavy atom. The monoisotopic (exact) mass is 268 g/mol. The summed E-state index contributed by atoms with van der Waals surface area (Å²) in [5, 5.41) is 3.63. The van der Waals surface area contributed by atoms with Gasteiger partial charge in [-0.15, -0.1) is 0 Å². The first kappa shape index (κ1) is 17.0. The van der Waals surface area contributed by atoms with E-state index in [4.69, 9.17) is 0 Å². The Kier molecular flexibility index (Phi) is 6.82. The molecule has 0 radical (unpaired) electrons. The van der Waals surface area contributed by atoms with Crippen LogP contribution < -0.4 is 5.32 Å². The molecule has 1 N–H and O–H groups in total. The zero-order valence-electron chi connectivity index (χ0n) is 14.0. The highest BCUT2D eigenvalue weighted by atomic mass is 15.2. The minimum atomic E-state index is 0.325. The minimum Gasteiger partial charge on any atom is -0.316 e. The van der Waals surface area contributed by atoms with Crippen molar-refractivity contribution in [2.24, 2.45) is 5.41 Å². The van der Waals surface area contributed by atoms with Gasteiger partial charge in [0.15, 0.2) is 0 Å². The maximum Gasteiger partial charge on any atom is 0.0147 e. The first-order valence-electron chi connectivity index (χ1n) is 8.38. The first-order valence-corrected chi connectivity index (χ1v) is 8.38. The van der Waals surface area contributed by atoms with Crippen LogP contribution in [0.25, 0.3) is 0 Å². The molecule has 0 aromatic rings. The molecule has 0 aliphatic heterocycles.